The zero-order chi connectivity index (χ0) is 18.2. The van der Waals surface area contributed by atoms with Gasteiger partial charge in [-0.1, -0.05) is 19.1 Å². The van der Waals surface area contributed by atoms with Crippen LogP contribution in [0.15, 0.2) is 35.7 Å². The van der Waals surface area contributed by atoms with Crippen LogP contribution in [-0.4, -0.2) is 50.1 Å². The van der Waals surface area contributed by atoms with Crippen LogP contribution < -0.4 is 9.47 Å². The van der Waals surface area contributed by atoms with Gasteiger partial charge in [0.1, 0.15) is 0 Å². The molecule has 0 spiro atoms. The fourth-order valence-electron chi connectivity index (χ4n) is 2.55. The van der Waals surface area contributed by atoms with Crippen molar-refractivity contribution in [3.8, 4) is 11.5 Å². The van der Waals surface area contributed by atoms with E-state index in [2.05, 4.69) is 17.9 Å². The fourth-order valence-corrected chi connectivity index (χ4v) is 3.31. The van der Waals surface area contributed by atoms with E-state index < -0.39 is 0 Å². The molecule has 0 bridgehead atoms. The maximum Gasteiger partial charge on any atom is 0.236 e. The Morgan fingerprint density at radius 3 is 2.48 bits per heavy atom. The lowest BCUT2D eigenvalue weighted by atomic mass is 10.2. The first-order chi connectivity index (χ1) is 12.1. The minimum Gasteiger partial charge on any atom is -0.493 e. The molecule has 0 aliphatic carbocycles. The van der Waals surface area contributed by atoms with Gasteiger partial charge in [0, 0.05) is 18.5 Å². The van der Waals surface area contributed by atoms with E-state index in [1.54, 1.807) is 30.5 Å². The van der Waals surface area contributed by atoms with Gasteiger partial charge in [-0.05, 0) is 35.7 Å². The maximum atomic E-state index is 12.5. The summed E-state index contributed by atoms with van der Waals surface area (Å²) in [6, 6.07) is 9.92. The molecule has 0 radical (unpaired) electrons. The first kappa shape index (κ1) is 19.3. The summed E-state index contributed by atoms with van der Waals surface area (Å²) in [5.74, 6) is 1.54. The molecule has 0 atom stereocenters. The Balaban J connectivity index is 1.96. The lowest BCUT2D eigenvalue weighted by Gasteiger charge is -2.24. The summed E-state index contributed by atoms with van der Waals surface area (Å²) in [6.07, 6.45) is 0. The van der Waals surface area contributed by atoms with E-state index in [9.17, 15) is 4.79 Å². The Kier molecular flexibility index (Phi) is 7.28. The molecular formula is C19H26N2O3S. The fraction of sp³-hybridized carbons (Fsp3) is 0.421. The molecule has 0 fully saturated rings. The van der Waals surface area contributed by atoms with Crippen LogP contribution >= 0.6 is 11.3 Å². The number of nitrogens with zero attached hydrogens (tertiary/aromatic N) is 2. The van der Waals surface area contributed by atoms with E-state index in [1.165, 1.54) is 4.88 Å². The minimum atomic E-state index is 0.121. The van der Waals surface area contributed by atoms with Gasteiger partial charge in [-0.2, -0.15) is 0 Å². The van der Waals surface area contributed by atoms with E-state index in [1.807, 2.05) is 36.7 Å². The molecular weight excluding hydrogens is 336 g/mol. The van der Waals surface area contributed by atoms with E-state index in [0.717, 1.165) is 12.1 Å². The quantitative estimate of drug-likeness (QED) is 0.687. The number of hydrogen-bond donors (Lipinski definition) is 0. The summed E-state index contributed by atoms with van der Waals surface area (Å²) >= 11 is 1.67. The molecule has 1 amide bonds. The Labute approximate surface area is 153 Å². The highest BCUT2D eigenvalue weighted by Crippen LogP contribution is 2.28. The van der Waals surface area contributed by atoms with Crippen LogP contribution in [0.3, 0.4) is 0 Å². The molecule has 0 saturated heterocycles. The first-order valence-corrected chi connectivity index (χ1v) is 9.15. The topological polar surface area (TPSA) is 42.0 Å². The Morgan fingerprint density at radius 2 is 1.88 bits per heavy atom. The molecule has 0 aliphatic heterocycles. The number of methoxy groups -OCH3 is 2. The van der Waals surface area contributed by atoms with Crippen molar-refractivity contribution < 1.29 is 14.3 Å². The summed E-state index contributed by atoms with van der Waals surface area (Å²) in [7, 11) is 5.10. The molecule has 0 aliphatic rings. The van der Waals surface area contributed by atoms with E-state index in [-0.39, 0.29) is 5.91 Å². The molecule has 25 heavy (non-hydrogen) atoms. The summed E-state index contributed by atoms with van der Waals surface area (Å²) < 4.78 is 10.6. The second-order valence-corrected chi connectivity index (χ2v) is 6.85. The zero-order valence-electron chi connectivity index (χ0n) is 15.3. The Bertz CT molecular complexity index is 673. The molecule has 2 rings (SSSR count). The van der Waals surface area contributed by atoms with Crippen LogP contribution in [0.5, 0.6) is 11.5 Å². The van der Waals surface area contributed by atoms with Crippen molar-refractivity contribution in [2.75, 3.05) is 34.4 Å². The SMILES string of the molecule is CCN(CC(=O)N(C)Cc1cccs1)Cc1ccc(OC)c(OC)c1. The van der Waals surface area contributed by atoms with Crippen molar-refractivity contribution in [2.24, 2.45) is 0 Å². The van der Waals surface area contributed by atoms with Crippen LogP contribution in [0, 0.1) is 0 Å². The van der Waals surface area contributed by atoms with Gasteiger partial charge in [-0.3, -0.25) is 9.69 Å². The molecule has 0 N–H and O–H groups in total. The predicted molar refractivity (Wildman–Crippen MR) is 101 cm³/mol. The van der Waals surface area contributed by atoms with E-state index in [0.29, 0.717) is 31.1 Å². The van der Waals surface area contributed by atoms with Crippen LogP contribution in [0.4, 0.5) is 0 Å². The van der Waals surface area contributed by atoms with Crippen molar-refractivity contribution in [3.63, 3.8) is 0 Å². The van der Waals surface area contributed by atoms with Crippen molar-refractivity contribution in [1.82, 2.24) is 9.80 Å². The highest BCUT2D eigenvalue weighted by molar-refractivity contribution is 7.09. The number of likely N-dealkylation sites (N-methyl/N-ethyl adjacent to an activating group) is 2. The molecule has 5 nitrogen and oxygen atoms in total. The predicted octanol–water partition coefficient (Wildman–Crippen LogP) is 3.25. The van der Waals surface area contributed by atoms with Gasteiger partial charge in [0.05, 0.1) is 27.3 Å². The lowest BCUT2D eigenvalue weighted by molar-refractivity contribution is -0.131. The number of rotatable bonds is 9. The molecule has 6 heteroatoms. The normalized spacial score (nSPS) is 10.8. The second kappa shape index (κ2) is 9.44. The van der Waals surface area contributed by atoms with Crippen molar-refractivity contribution in [2.45, 2.75) is 20.0 Å². The number of amides is 1. The van der Waals surface area contributed by atoms with Crippen molar-refractivity contribution in [3.05, 3.63) is 46.2 Å². The number of carbonyl (C=O) groups is 1. The maximum absolute atomic E-state index is 12.5. The van der Waals surface area contributed by atoms with Crippen molar-refractivity contribution >= 4 is 17.2 Å². The van der Waals surface area contributed by atoms with Gasteiger partial charge in [0.15, 0.2) is 11.5 Å². The number of carbonyl (C=O) groups excluding carboxylic acids is 1. The van der Waals surface area contributed by atoms with Gasteiger partial charge < -0.3 is 14.4 Å². The molecule has 136 valence electrons. The number of thiophene rings is 1. The van der Waals surface area contributed by atoms with Gasteiger partial charge in [-0.15, -0.1) is 11.3 Å². The van der Waals surface area contributed by atoms with Crippen LogP contribution in [-0.2, 0) is 17.9 Å². The number of benzene rings is 1. The monoisotopic (exact) mass is 362 g/mol. The molecule has 1 heterocycles. The van der Waals surface area contributed by atoms with Gasteiger partial charge in [-0.25, -0.2) is 0 Å². The third-order valence-corrected chi connectivity index (χ3v) is 4.92. The highest BCUT2D eigenvalue weighted by atomic mass is 32.1. The minimum absolute atomic E-state index is 0.121. The summed E-state index contributed by atoms with van der Waals surface area (Å²) in [5, 5.41) is 2.03. The number of ether oxygens (including phenoxy) is 2. The third kappa shape index (κ3) is 5.47. The molecule has 1 aromatic heterocycles. The average molecular weight is 362 g/mol. The van der Waals surface area contributed by atoms with E-state index >= 15 is 0 Å². The average Bonchev–Trinajstić information content (AvgIpc) is 3.13. The third-order valence-electron chi connectivity index (χ3n) is 4.06. The van der Waals surface area contributed by atoms with E-state index in [4.69, 9.17) is 9.47 Å². The number of hydrogen-bond acceptors (Lipinski definition) is 5. The first-order valence-electron chi connectivity index (χ1n) is 8.27. The smallest absolute Gasteiger partial charge is 0.236 e. The summed E-state index contributed by atoms with van der Waals surface area (Å²) in [5.41, 5.74) is 1.09. The molecule has 1 aromatic carbocycles. The Hall–Kier alpha value is -2.05. The van der Waals surface area contributed by atoms with Crippen LogP contribution in [0.2, 0.25) is 0 Å². The summed E-state index contributed by atoms with van der Waals surface area (Å²) in [6.45, 7) is 4.60. The van der Waals surface area contributed by atoms with Crippen LogP contribution in [0.25, 0.3) is 0 Å². The molecule has 2 aromatic rings. The molecule has 0 unspecified atom stereocenters. The van der Waals surface area contributed by atoms with Gasteiger partial charge in [0.2, 0.25) is 5.91 Å². The van der Waals surface area contributed by atoms with Crippen LogP contribution in [0.1, 0.15) is 17.4 Å². The largest absolute Gasteiger partial charge is 0.493 e. The van der Waals surface area contributed by atoms with Crippen molar-refractivity contribution in [1.29, 1.82) is 0 Å². The molecule has 0 saturated carbocycles. The second-order valence-electron chi connectivity index (χ2n) is 5.82. The Morgan fingerprint density at radius 1 is 1.12 bits per heavy atom. The standard InChI is InChI=1S/C19H26N2O3S/c1-5-21(12-15-8-9-17(23-3)18(11-15)24-4)14-19(22)20(2)13-16-7-6-10-25-16/h6-11H,5,12-14H2,1-4H3. The zero-order valence-corrected chi connectivity index (χ0v) is 16.1. The van der Waals surface area contributed by atoms with Gasteiger partial charge in [0.25, 0.3) is 0 Å². The lowest BCUT2D eigenvalue weighted by Crippen LogP contribution is -2.37. The summed E-state index contributed by atoms with van der Waals surface area (Å²) in [4.78, 5) is 17.6. The van der Waals surface area contributed by atoms with Gasteiger partial charge >= 0.3 is 0 Å². The highest BCUT2D eigenvalue weighted by Gasteiger charge is 2.15.